The SMILES string of the molecule is CC1(C)CCC(C)(C)c2cc(I)c(O)cc21. The summed E-state index contributed by atoms with van der Waals surface area (Å²) in [6.07, 6.45) is 2.40. The number of fused-ring (bicyclic) bond motifs is 1. The van der Waals surface area contributed by atoms with Gasteiger partial charge in [-0.3, -0.25) is 0 Å². The first-order chi connectivity index (χ1) is 7.24. The van der Waals surface area contributed by atoms with Crippen LogP contribution in [0.25, 0.3) is 0 Å². The first-order valence-corrected chi connectivity index (χ1v) is 6.85. The van der Waals surface area contributed by atoms with Crippen LogP contribution in [-0.4, -0.2) is 5.11 Å². The number of benzene rings is 1. The predicted octanol–water partition coefficient (Wildman–Crippen LogP) is 4.35. The van der Waals surface area contributed by atoms with Crippen molar-refractivity contribution in [2.24, 2.45) is 0 Å². The molecule has 0 spiro atoms. The van der Waals surface area contributed by atoms with Crippen molar-refractivity contribution in [2.75, 3.05) is 0 Å². The van der Waals surface area contributed by atoms with Crippen LogP contribution in [0.15, 0.2) is 12.1 Å². The Morgan fingerprint density at radius 1 is 1.00 bits per heavy atom. The molecule has 0 saturated carbocycles. The normalized spacial score (nSPS) is 21.6. The largest absolute Gasteiger partial charge is 0.507 e. The van der Waals surface area contributed by atoms with Crippen molar-refractivity contribution in [1.82, 2.24) is 0 Å². The lowest BCUT2D eigenvalue weighted by atomic mass is 9.63. The van der Waals surface area contributed by atoms with Gasteiger partial charge in [-0.15, -0.1) is 0 Å². The molecule has 0 unspecified atom stereocenters. The molecule has 1 aromatic carbocycles. The zero-order valence-electron chi connectivity index (χ0n) is 10.4. The zero-order valence-corrected chi connectivity index (χ0v) is 12.6. The molecule has 0 fully saturated rings. The molecular weight excluding hydrogens is 311 g/mol. The summed E-state index contributed by atoms with van der Waals surface area (Å²) in [7, 11) is 0. The quantitative estimate of drug-likeness (QED) is 0.702. The third kappa shape index (κ3) is 1.85. The molecule has 0 bridgehead atoms. The first kappa shape index (κ1) is 12.2. The Hall–Kier alpha value is -0.250. The summed E-state index contributed by atoms with van der Waals surface area (Å²) in [5, 5.41) is 9.87. The van der Waals surface area contributed by atoms with E-state index in [-0.39, 0.29) is 10.8 Å². The van der Waals surface area contributed by atoms with E-state index in [0.29, 0.717) is 5.75 Å². The molecule has 16 heavy (non-hydrogen) atoms. The van der Waals surface area contributed by atoms with Crippen LogP contribution in [0.2, 0.25) is 0 Å². The van der Waals surface area contributed by atoms with Crippen molar-refractivity contribution in [2.45, 2.75) is 51.4 Å². The van der Waals surface area contributed by atoms with Gasteiger partial charge in [-0.25, -0.2) is 0 Å². The highest BCUT2D eigenvalue weighted by atomic mass is 127. The van der Waals surface area contributed by atoms with Gasteiger partial charge in [-0.1, -0.05) is 27.7 Å². The fraction of sp³-hybridized carbons (Fsp3) is 0.571. The third-order valence-electron chi connectivity index (χ3n) is 3.92. The molecule has 88 valence electrons. The predicted molar refractivity (Wildman–Crippen MR) is 76.1 cm³/mol. The Labute approximate surface area is 111 Å². The standard InChI is InChI=1S/C14H19IO/c1-13(2)5-6-14(3,4)10-8-12(16)11(15)7-9(10)13/h7-8,16H,5-6H2,1-4H3. The van der Waals surface area contributed by atoms with Gasteiger partial charge in [0.25, 0.3) is 0 Å². The van der Waals surface area contributed by atoms with Gasteiger partial charge in [0, 0.05) is 0 Å². The van der Waals surface area contributed by atoms with Crippen LogP contribution in [0, 0.1) is 3.57 Å². The minimum Gasteiger partial charge on any atom is -0.507 e. The van der Waals surface area contributed by atoms with Gasteiger partial charge in [0.1, 0.15) is 5.75 Å². The molecule has 1 nitrogen and oxygen atoms in total. The number of rotatable bonds is 0. The number of phenols is 1. The van der Waals surface area contributed by atoms with Crippen molar-refractivity contribution in [3.8, 4) is 5.75 Å². The van der Waals surface area contributed by atoms with E-state index in [1.807, 2.05) is 6.07 Å². The summed E-state index contributed by atoms with van der Waals surface area (Å²) < 4.78 is 0.960. The molecule has 0 saturated heterocycles. The Balaban J connectivity index is 2.70. The molecule has 0 amide bonds. The van der Waals surface area contributed by atoms with E-state index in [1.165, 1.54) is 24.0 Å². The van der Waals surface area contributed by atoms with E-state index >= 15 is 0 Å². The molecule has 0 radical (unpaired) electrons. The Kier molecular flexibility index (Phi) is 2.76. The van der Waals surface area contributed by atoms with Crippen LogP contribution in [-0.2, 0) is 10.8 Å². The lowest BCUT2D eigenvalue weighted by molar-refractivity contribution is 0.329. The molecule has 1 aromatic rings. The zero-order chi connectivity index (χ0) is 12.1. The maximum absolute atomic E-state index is 9.87. The monoisotopic (exact) mass is 330 g/mol. The topological polar surface area (TPSA) is 20.2 Å². The summed E-state index contributed by atoms with van der Waals surface area (Å²) >= 11 is 2.21. The van der Waals surface area contributed by atoms with E-state index in [4.69, 9.17) is 0 Å². The average molecular weight is 330 g/mol. The molecule has 0 atom stereocenters. The molecule has 1 aliphatic carbocycles. The van der Waals surface area contributed by atoms with Gasteiger partial charge in [0.2, 0.25) is 0 Å². The molecule has 0 aromatic heterocycles. The minimum absolute atomic E-state index is 0.187. The number of hydrogen-bond acceptors (Lipinski definition) is 1. The smallest absolute Gasteiger partial charge is 0.129 e. The maximum atomic E-state index is 9.87. The second-order valence-corrected chi connectivity index (χ2v) is 7.28. The van der Waals surface area contributed by atoms with Crippen LogP contribution in [0.5, 0.6) is 5.75 Å². The van der Waals surface area contributed by atoms with Gasteiger partial charge >= 0.3 is 0 Å². The summed E-state index contributed by atoms with van der Waals surface area (Å²) in [6.45, 7) is 9.14. The van der Waals surface area contributed by atoms with E-state index < -0.39 is 0 Å². The van der Waals surface area contributed by atoms with Crippen molar-refractivity contribution in [3.05, 3.63) is 26.8 Å². The first-order valence-electron chi connectivity index (χ1n) is 5.77. The van der Waals surface area contributed by atoms with Crippen LogP contribution in [0.3, 0.4) is 0 Å². The molecule has 0 heterocycles. The lowest BCUT2D eigenvalue weighted by Gasteiger charge is -2.42. The Morgan fingerprint density at radius 3 is 1.94 bits per heavy atom. The van der Waals surface area contributed by atoms with Gasteiger partial charge < -0.3 is 5.11 Å². The second kappa shape index (κ2) is 3.62. The van der Waals surface area contributed by atoms with Gasteiger partial charge in [-0.05, 0) is 69.5 Å². The van der Waals surface area contributed by atoms with Crippen LogP contribution in [0.1, 0.15) is 51.7 Å². The summed E-state index contributed by atoms with van der Waals surface area (Å²) in [5.74, 6) is 0.421. The highest BCUT2D eigenvalue weighted by Gasteiger charge is 2.37. The highest BCUT2D eigenvalue weighted by Crippen LogP contribution is 2.47. The van der Waals surface area contributed by atoms with Crippen molar-refractivity contribution in [1.29, 1.82) is 0 Å². The third-order valence-corrected chi connectivity index (χ3v) is 4.78. The molecular formula is C14H19IO. The van der Waals surface area contributed by atoms with Crippen LogP contribution >= 0.6 is 22.6 Å². The van der Waals surface area contributed by atoms with Crippen LogP contribution in [0.4, 0.5) is 0 Å². The van der Waals surface area contributed by atoms with E-state index in [0.717, 1.165) is 3.57 Å². The minimum atomic E-state index is 0.187. The summed E-state index contributed by atoms with van der Waals surface area (Å²) in [6, 6.07) is 4.13. The van der Waals surface area contributed by atoms with E-state index in [1.54, 1.807) is 0 Å². The number of aromatic hydroxyl groups is 1. The maximum Gasteiger partial charge on any atom is 0.129 e. The molecule has 2 heteroatoms. The molecule has 1 aliphatic rings. The number of hydrogen-bond donors (Lipinski definition) is 1. The molecule has 0 aliphatic heterocycles. The summed E-state index contributed by atoms with van der Waals surface area (Å²) in [4.78, 5) is 0. The van der Waals surface area contributed by atoms with Crippen molar-refractivity contribution in [3.63, 3.8) is 0 Å². The van der Waals surface area contributed by atoms with Gasteiger partial charge in [0.05, 0.1) is 3.57 Å². The van der Waals surface area contributed by atoms with Gasteiger partial charge in [0.15, 0.2) is 0 Å². The lowest BCUT2D eigenvalue weighted by Crippen LogP contribution is -2.33. The molecule has 1 N–H and O–H groups in total. The Bertz CT molecular complexity index is 392. The molecule has 2 rings (SSSR count). The average Bonchev–Trinajstić information content (AvgIpc) is 2.17. The number of phenolic OH excluding ortho intramolecular Hbond substituents is 1. The Morgan fingerprint density at radius 2 is 1.44 bits per heavy atom. The van der Waals surface area contributed by atoms with Crippen LogP contribution < -0.4 is 0 Å². The summed E-state index contributed by atoms with van der Waals surface area (Å²) in [5.41, 5.74) is 3.15. The fourth-order valence-corrected chi connectivity index (χ4v) is 3.04. The van der Waals surface area contributed by atoms with Gasteiger partial charge in [-0.2, -0.15) is 0 Å². The van der Waals surface area contributed by atoms with E-state index in [9.17, 15) is 5.11 Å². The fourth-order valence-electron chi connectivity index (χ4n) is 2.58. The highest BCUT2D eigenvalue weighted by molar-refractivity contribution is 14.1. The number of halogens is 1. The van der Waals surface area contributed by atoms with Crippen molar-refractivity contribution < 1.29 is 5.11 Å². The van der Waals surface area contributed by atoms with E-state index in [2.05, 4.69) is 56.4 Å². The second-order valence-electron chi connectivity index (χ2n) is 6.12. The van der Waals surface area contributed by atoms with Crippen molar-refractivity contribution >= 4 is 22.6 Å².